The van der Waals surface area contributed by atoms with E-state index < -0.39 is 10.0 Å². The molecule has 2 atom stereocenters. The van der Waals surface area contributed by atoms with Gasteiger partial charge in [-0.1, -0.05) is 39.0 Å². The molecule has 21 heavy (non-hydrogen) atoms. The molecule has 0 bridgehead atoms. The van der Waals surface area contributed by atoms with Crippen LogP contribution in [0.2, 0.25) is 0 Å². The van der Waals surface area contributed by atoms with Crippen molar-refractivity contribution in [2.45, 2.75) is 51.0 Å². The molecule has 4 nitrogen and oxygen atoms in total. The van der Waals surface area contributed by atoms with Crippen LogP contribution in [0.3, 0.4) is 0 Å². The van der Waals surface area contributed by atoms with E-state index in [0.717, 1.165) is 18.5 Å². The zero-order valence-electron chi connectivity index (χ0n) is 13.7. The Morgan fingerprint density at radius 2 is 1.76 bits per heavy atom. The van der Waals surface area contributed by atoms with Crippen molar-refractivity contribution in [3.63, 3.8) is 0 Å². The number of hydrogen-bond acceptors (Lipinski definition) is 3. The van der Waals surface area contributed by atoms with Crippen LogP contribution in [-0.4, -0.2) is 28.1 Å². The van der Waals surface area contributed by atoms with Gasteiger partial charge in [0.25, 0.3) is 0 Å². The molecule has 0 aliphatic rings. The normalized spacial score (nSPS) is 15.1. The van der Waals surface area contributed by atoms with E-state index in [1.54, 1.807) is 12.1 Å². The van der Waals surface area contributed by atoms with Gasteiger partial charge in [-0.15, -0.1) is 0 Å². The van der Waals surface area contributed by atoms with Crippen LogP contribution in [-0.2, 0) is 10.0 Å². The maximum Gasteiger partial charge on any atom is 0.240 e. The lowest BCUT2D eigenvalue weighted by atomic mass is 9.83. The molecule has 0 spiro atoms. The molecule has 0 saturated heterocycles. The molecule has 0 aliphatic carbocycles. The highest BCUT2D eigenvalue weighted by atomic mass is 32.2. The van der Waals surface area contributed by atoms with Gasteiger partial charge in [0.15, 0.2) is 0 Å². The third-order valence-electron chi connectivity index (χ3n) is 3.81. The zero-order valence-corrected chi connectivity index (χ0v) is 14.5. The molecular weight excluding hydrogens is 284 g/mol. The van der Waals surface area contributed by atoms with Crippen molar-refractivity contribution in [2.24, 2.45) is 5.92 Å². The quantitative estimate of drug-likeness (QED) is 0.776. The van der Waals surface area contributed by atoms with E-state index in [1.807, 2.05) is 12.1 Å². The second-order valence-corrected chi connectivity index (χ2v) is 7.61. The van der Waals surface area contributed by atoms with E-state index in [4.69, 9.17) is 0 Å². The minimum absolute atomic E-state index is 0.149. The molecule has 1 aromatic rings. The zero-order chi connectivity index (χ0) is 16.0. The van der Waals surface area contributed by atoms with Gasteiger partial charge in [-0.2, -0.15) is 0 Å². The molecule has 2 unspecified atom stereocenters. The standard InChI is InChI=1S/C16H28N2O2S/c1-6-11-18-13(4)16(12(2)3)14-9-7-8-10-15(14)21(19,20)17-5/h7-10,12-13,16-18H,6,11H2,1-5H3. The van der Waals surface area contributed by atoms with Crippen molar-refractivity contribution in [2.75, 3.05) is 13.6 Å². The van der Waals surface area contributed by atoms with Gasteiger partial charge in [0, 0.05) is 12.0 Å². The molecule has 0 radical (unpaired) electrons. The van der Waals surface area contributed by atoms with E-state index in [9.17, 15) is 8.42 Å². The molecule has 1 aromatic carbocycles. The van der Waals surface area contributed by atoms with Crippen molar-refractivity contribution in [3.05, 3.63) is 29.8 Å². The Balaban J connectivity index is 3.27. The summed E-state index contributed by atoms with van der Waals surface area (Å²) in [7, 11) is -1.99. The second kappa shape index (κ2) is 7.92. The van der Waals surface area contributed by atoms with Gasteiger partial charge < -0.3 is 5.32 Å². The van der Waals surface area contributed by atoms with E-state index in [2.05, 4.69) is 37.7 Å². The summed E-state index contributed by atoms with van der Waals surface area (Å²) in [6.45, 7) is 9.47. The second-order valence-electron chi connectivity index (χ2n) is 5.76. The monoisotopic (exact) mass is 312 g/mol. The average Bonchev–Trinajstić information content (AvgIpc) is 2.45. The lowest BCUT2D eigenvalue weighted by Crippen LogP contribution is -2.36. The molecule has 0 heterocycles. The Morgan fingerprint density at radius 3 is 2.29 bits per heavy atom. The minimum atomic E-state index is -3.44. The molecular formula is C16H28N2O2S. The third-order valence-corrected chi connectivity index (χ3v) is 5.30. The summed E-state index contributed by atoms with van der Waals surface area (Å²) in [5.74, 6) is 0.494. The van der Waals surface area contributed by atoms with Crippen LogP contribution in [0, 0.1) is 5.92 Å². The van der Waals surface area contributed by atoms with Crippen molar-refractivity contribution in [1.29, 1.82) is 0 Å². The molecule has 0 saturated carbocycles. The first-order valence-electron chi connectivity index (χ1n) is 7.61. The Morgan fingerprint density at radius 1 is 1.14 bits per heavy atom. The molecule has 120 valence electrons. The molecule has 1 rings (SSSR count). The minimum Gasteiger partial charge on any atom is -0.314 e. The van der Waals surface area contributed by atoms with Crippen LogP contribution in [0.5, 0.6) is 0 Å². The molecule has 0 fully saturated rings. The summed E-state index contributed by atoms with van der Waals surface area (Å²) in [5, 5.41) is 3.49. The van der Waals surface area contributed by atoms with Crippen LogP contribution < -0.4 is 10.0 Å². The molecule has 0 aliphatic heterocycles. The predicted molar refractivity (Wildman–Crippen MR) is 88.0 cm³/mol. The van der Waals surface area contributed by atoms with Crippen LogP contribution in [0.4, 0.5) is 0 Å². The molecule has 0 aromatic heterocycles. The van der Waals surface area contributed by atoms with E-state index >= 15 is 0 Å². The van der Waals surface area contributed by atoms with Gasteiger partial charge in [0.05, 0.1) is 4.90 Å². The van der Waals surface area contributed by atoms with E-state index in [-0.39, 0.29) is 12.0 Å². The van der Waals surface area contributed by atoms with Crippen LogP contribution in [0.25, 0.3) is 0 Å². The van der Waals surface area contributed by atoms with Gasteiger partial charge in [0.1, 0.15) is 0 Å². The van der Waals surface area contributed by atoms with E-state index in [0.29, 0.717) is 10.8 Å². The highest BCUT2D eigenvalue weighted by Gasteiger charge is 2.28. The highest BCUT2D eigenvalue weighted by molar-refractivity contribution is 7.89. The van der Waals surface area contributed by atoms with E-state index in [1.165, 1.54) is 7.05 Å². The first-order chi connectivity index (χ1) is 9.85. The third kappa shape index (κ3) is 4.53. The maximum absolute atomic E-state index is 12.3. The number of sulfonamides is 1. The van der Waals surface area contributed by atoms with Crippen molar-refractivity contribution in [3.8, 4) is 0 Å². The van der Waals surface area contributed by atoms with Crippen molar-refractivity contribution >= 4 is 10.0 Å². The smallest absolute Gasteiger partial charge is 0.240 e. The van der Waals surface area contributed by atoms with Crippen LogP contribution >= 0.6 is 0 Å². The van der Waals surface area contributed by atoms with Crippen molar-refractivity contribution < 1.29 is 8.42 Å². The lowest BCUT2D eigenvalue weighted by molar-refractivity contribution is 0.373. The van der Waals surface area contributed by atoms with Gasteiger partial charge in [-0.3, -0.25) is 0 Å². The highest BCUT2D eigenvalue weighted by Crippen LogP contribution is 2.32. The summed E-state index contributed by atoms with van der Waals surface area (Å²) in [5.41, 5.74) is 0.887. The fourth-order valence-corrected chi connectivity index (χ4v) is 3.81. The number of benzene rings is 1. The van der Waals surface area contributed by atoms with Gasteiger partial charge in [-0.05, 0) is 44.5 Å². The summed E-state index contributed by atoms with van der Waals surface area (Å²) >= 11 is 0. The fourth-order valence-electron chi connectivity index (χ4n) is 2.82. The van der Waals surface area contributed by atoms with Crippen molar-refractivity contribution in [1.82, 2.24) is 10.0 Å². The molecule has 0 amide bonds. The molecule has 5 heteroatoms. The average molecular weight is 312 g/mol. The van der Waals surface area contributed by atoms with Crippen LogP contribution in [0.15, 0.2) is 29.2 Å². The van der Waals surface area contributed by atoms with Crippen LogP contribution in [0.1, 0.15) is 45.6 Å². The predicted octanol–water partition coefficient (Wildman–Crippen LogP) is 2.72. The van der Waals surface area contributed by atoms with Gasteiger partial charge in [0.2, 0.25) is 10.0 Å². The SMILES string of the molecule is CCCNC(C)C(c1ccccc1S(=O)(=O)NC)C(C)C. The largest absolute Gasteiger partial charge is 0.314 e. The number of hydrogen-bond donors (Lipinski definition) is 2. The Kier molecular flexibility index (Phi) is 6.84. The topological polar surface area (TPSA) is 58.2 Å². The Labute approximate surface area is 129 Å². The molecule has 2 N–H and O–H groups in total. The Hall–Kier alpha value is -0.910. The fraction of sp³-hybridized carbons (Fsp3) is 0.625. The summed E-state index contributed by atoms with van der Waals surface area (Å²) in [6.07, 6.45) is 1.06. The first kappa shape index (κ1) is 18.1. The lowest BCUT2D eigenvalue weighted by Gasteiger charge is -2.30. The summed E-state index contributed by atoms with van der Waals surface area (Å²) < 4.78 is 26.9. The summed E-state index contributed by atoms with van der Waals surface area (Å²) in [4.78, 5) is 0.386. The first-order valence-corrected chi connectivity index (χ1v) is 9.09. The number of rotatable bonds is 8. The number of nitrogens with one attached hydrogen (secondary N) is 2. The Bertz CT molecular complexity index is 541. The van der Waals surface area contributed by atoms with Gasteiger partial charge in [-0.25, -0.2) is 13.1 Å². The van der Waals surface area contributed by atoms with Gasteiger partial charge >= 0.3 is 0 Å². The maximum atomic E-state index is 12.3. The summed E-state index contributed by atoms with van der Waals surface area (Å²) in [6, 6.07) is 7.52.